The Labute approximate surface area is 152 Å². The molecule has 0 unspecified atom stereocenters. The summed E-state index contributed by atoms with van der Waals surface area (Å²) in [6.07, 6.45) is 0.371. The number of piperazine rings is 1. The van der Waals surface area contributed by atoms with Crippen molar-refractivity contribution in [3.8, 4) is 6.07 Å². The lowest BCUT2D eigenvalue weighted by Gasteiger charge is -2.34. The average Bonchev–Trinajstić information content (AvgIpc) is 2.41. The molecule has 118 valence electrons. The number of nitrogens with one attached hydrogen (secondary N) is 1. The van der Waals surface area contributed by atoms with Gasteiger partial charge in [0.05, 0.1) is 22.5 Å². The largest absolute Gasteiger partial charge is 0.314 e. The van der Waals surface area contributed by atoms with Crippen LogP contribution in [-0.2, 0) is 0 Å². The van der Waals surface area contributed by atoms with Gasteiger partial charge in [-0.05, 0) is 17.7 Å². The molecule has 0 bridgehead atoms. The lowest BCUT2D eigenvalue weighted by atomic mass is 10.0. The van der Waals surface area contributed by atoms with Crippen LogP contribution in [-0.4, -0.2) is 31.1 Å². The van der Waals surface area contributed by atoms with E-state index in [4.69, 9.17) is 40.1 Å². The van der Waals surface area contributed by atoms with Gasteiger partial charge in [-0.1, -0.05) is 34.8 Å². The number of hydrogen-bond donors (Lipinski definition) is 1. The van der Waals surface area contributed by atoms with Crippen molar-refractivity contribution >= 4 is 59.6 Å². The Morgan fingerprint density at radius 2 is 1.81 bits per heavy atom. The van der Waals surface area contributed by atoms with Crippen LogP contribution in [0.1, 0.15) is 18.0 Å². The van der Waals surface area contributed by atoms with Crippen LogP contribution >= 0.6 is 59.6 Å². The van der Waals surface area contributed by atoms with Crippen molar-refractivity contribution < 1.29 is 0 Å². The zero-order valence-corrected chi connectivity index (χ0v) is 15.0. The van der Waals surface area contributed by atoms with Crippen LogP contribution < -0.4 is 5.32 Å². The summed E-state index contributed by atoms with van der Waals surface area (Å²) in [4.78, 5) is 2.24. The second-order valence-corrected chi connectivity index (χ2v) is 5.68. The highest BCUT2D eigenvalue weighted by atomic mass is 35.5. The Bertz CT molecular complexity index is 497. The van der Waals surface area contributed by atoms with Crippen LogP contribution in [0.2, 0.25) is 15.1 Å². The molecule has 0 spiro atoms. The van der Waals surface area contributed by atoms with Gasteiger partial charge in [-0.15, -0.1) is 24.8 Å². The van der Waals surface area contributed by atoms with Crippen LogP contribution in [0, 0.1) is 11.3 Å². The van der Waals surface area contributed by atoms with Crippen molar-refractivity contribution in [2.75, 3.05) is 26.2 Å². The molecule has 1 heterocycles. The van der Waals surface area contributed by atoms with E-state index in [0.717, 1.165) is 31.7 Å². The molecule has 1 aliphatic rings. The third kappa shape index (κ3) is 5.33. The fourth-order valence-corrected chi connectivity index (χ4v) is 3.08. The molecule has 8 heteroatoms. The van der Waals surface area contributed by atoms with E-state index in [1.165, 1.54) is 0 Å². The van der Waals surface area contributed by atoms with Crippen molar-refractivity contribution in [1.29, 1.82) is 5.26 Å². The van der Waals surface area contributed by atoms with Gasteiger partial charge in [0.2, 0.25) is 0 Å². The van der Waals surface area contributed by atoms with Crippen molar-refractivity contribution in [1.82, 2.24) is 10.2 Å². The molecule has 1 N–H and O–H groups in total. The fourth-order valence-electron chi connectivity index (χ4n) is 2.33. The third-order valence-electron chi connectivity index (χ3n) is 3.26. The number of nitrogens with zero attached hydrogens (tertiary/aromatic N) is 2. The van der Waals surface area contributed by atoms with Crippen molar-refractivity contribution in [3.63, 3.8) is 0 Å². The number of benzene rings is 1. The van der Waals surface area contributed by atoms with Gasteiger partial charge < -0.3 is 5.32 Å². The van der Waals surface area contributed by atoms with E-state index >= 15 is 0 Å². The lowest BCUT2D eigenvalue weighted by Crippen LogP contribution is -2.45. The van der Waals surface area contributed by atoms with Gasteiger partial charge in [0.1, 0.15) is 0 Å². The van der Waals surface area contributed by atoms with Gasteiger partial charge in [-0.2, -0.15) is 5.26 Å². The third-order valence-corrected chi connectivity index (χ3v) is 4.29. The average molecular weight is 392 g/mol. The van der Waals surface area contributed by atoms with Gasteiger partial charge in [0.25, 0.3) is 0 Å². The smallest absolute Gasteiger partial charge is 0.0641 e. The quantitative estimate of drug-likeness (QED) is 0.779. The minimum absolute atomic E-state index is 0. The summed E-state index contributed by atoms with van der Waals surface area (Å²) in [5.74, 6) is 0. The summed E-state index contributed by atoms with van der Waals surface area (Å²) >= 11 is 18.4. The molecule has 1 atom stereocenters. The minimum Gasteiger partial charge on any atom is -0.314 e. The van der Waals surface area contributed by atoms with Crippen LogP contribution in [0.3, 0.4) is 0 Å². The normalized spacial score (nSPS) is 16.3. The molecule has 2 rings (SSSR count). The van der Waals surface area contributed by atoms with E-state index in [2.05, 4.69) is 16.3 Å². The molecule has 1 saturated heterocycles. The van der Waals surface area contributed by atoms with E-state index < -0.39 is 0 Å². The van der Waals surface area contributed by atoms with Crippen molar-refractivity contribution in [3.05, 3.63) is 32.8 Å². The summed E-state index contributed by atoms with van der Waals surface area (Å²) in [5.41, 5.74) is 0.836. The molecule has 0 amide bonds. The molecule has 3 nitrogen and oxygen atoms in total. The van der Waals surface area contributed by atoms with E-state index in [-0.39, 0.29) is 30.9 Å². The monoisotopic (exact) mass is 389 g/mol. The van der Waals surface area contributed by atoms with Gasteiger partial charge in [-0.25, -0.2) is 0 Å². The second-order valence-electron chi connectivity index (χ2n) is 4.45. The first-order valence-corrected chi connectivity index (χ1v) is 7.23. The highest BCUT2D eigenvalue weighted by Crippen LogP contribution is 2.37. The van der Waals surface area contributed by atoms with Crippen LogP contribution in [0.15, 0.2) is 12.1 Å². The SMILES string of the molecule is Cl.Cl.N#CC[C@@H](c1cc(Cl)cc(Cl)c1Cl)N1CCNCC1. The zero-order valence-electron chi connectivity index (χ0n) is 11.1. The maximum Gasteiger partial charge on any atom is 0.0641 e. The second kappa shape index (κ2) is 9.97. The maximum absolute atomic E-state index is 9.06. The standard InChI is InChI=1S/C13H14Cl3N3.2ClH/c14-9-7-10(13(16)11(15)8-9)12(1-2-17)19-5-3-18-4-6-19;;/h7-8,12,18H,1,3-6H2;2*1H/t12-;;/m0../s1. The molecule has 0 radical (unpaired) electrons. The first kappa shape index (κ1) is 21.1. The highest BCUT2D eigenvalue weighted by molar-refractivity contribution is 6.43. The summed E-state index contributed by atoms with van der Waals surface area (Å²) in [7, 11) is 0. The summed E-state index contributed by atoms with van der Waals surface area (Å²) in [5, 5.41) is 13.8. The number of halogens is 5. The van der Waals surface area contributed by atoms with Crippen molar-refractivity contribution in [2.24, 2.45) is 0 Å². The van der Waals surface area contributed by atoms with Crippen LogP contribution in [0.4, 0.5) is 0 Å². The topological polar surface area (TPSA) is 39.1 Å². The van der Waals surface area contributed by atoms with E-state index in [9.17, 15) is 0 Å². The molecule has 21 heavy (non-hydrogen) atoms. The number of nitriles is 1. The molecule has 1 aliphatic heterocycles. The molecule has 0 saturated carbocycles. The molecule has 1 aromatic rings. The fraction of sp³-hybridized carbons (Fsp3) is 0.462. The number of hydrogen-bond acceptors (Lipinski definition) is 3. The van der Waals surface area contributed by atoms with Crippen LogP contribution in [0.25, 0.3) is 0 Å². The Morgan fingerprint density at radius 1 is 1.19 bits per heavy atom. The van der Waals surface area contributed by atoms with Gasteiger partial charge in [0.15, 0.2) is 0 Å². The molecule has 0 aromatic heterocycles. The predicted molar refractivity (Wildman–Crippen MR) is 93.4 cm³/mol. The van der Waals surface area contributed by atoms with Gasteiger partial charge in [-0.3, -0.25) is 4.90 Å². The first-order valence-electron chi connectivity index (χ1n) is 6.09. The van der Waals surface area contributed by atoms with E-state index in [1.807, 2.05) is 0 Å². The summed E-state index contributed by atoms with van der Waals surface area (Å²) in [6.45, 7) is 3.58. The van der Waals surface area contributed by atoms with Gasteiger partial charge >= 0.3 is 0 Å². The van der Waals surface area contributed by atoms with Crippen LogP contribution in [0.5, 0.6) is 0 Å². The summed E-state index contributed by atoms with van der Waals surface area (Å²) in [6, 6.07) is 5.59. The molecule has 1 fully saturated rings. The molecular weight excluding hydrogens is 375 g/mol. The summed E-state index contributed by atoms with van der Waals surface area (Å²) < 4.78 is 0. The number of rotatable bonds is 3. The van der Waals surface area contributed by atoms with E-state index in [1.54, 1.807) is 12.1 Å². The molecule has 0 aliphatic carbocycles. The highest BCUT2D eigenvalue weighted by Gasteiger charge is 2.25. The van der Waals surface area contributed by atoms with E-state index in [0.29, 0.717) is 21.5 Å². The van der Waals surface area contributed by atoms with Gasteiger partial charge in [0, 0.05) is 37.2 Å². The lowest BCUT2D eigenvalue weighted by molar-refractivity contribution is 0.175. The molecule has 1 aromatic carbocycles. The Balaban J connectivity index is 0.00000200. The minimum atomic E-state index is -0.0594. The maximum atomic E-state index is 9.06. The Morgan fingerprint density at radius 3 is 2.38 bits per heavy atom. The Hall–Kier alpha value is 0.0800. The zero-order chi connectivity index (χ0) is 13.8. The van der Waals surface area contributed by atoms with Crippen molar-refractivity contribution in [2.45, 2.75) is 12.5 Å². The first-order chi connectivity index (χ1) is 9.13. The Kier molecular flexibility index (Phi) is 10.0. The molecular formula is C13H16Cl5N3. The predicted octanol–water partition coefficient (Wildman–Crippen LogP) is 4.35.